The molecule has 0 unspecified atom stereocenters. The number of benzene rings is 1. The van der Waals surface area contributed by atoms with E-state index in [1.165, 1.54) is 13.1 Å². The number of carboxylic acid groups (broad SMARTS) is 1. The van der Waals surface area contributed by atoms with Gasteiger partial charge in [0, 0.05) is 13.5 Å². The zero-order valence-corrected chi connectivity index (χ0v) is 13.1. The van der Waals surface area contributed by atoms with Gasteiger partial charge in [-0.3, -0.25) is 9.69 Å². The lowest BCUT2D eigenvalue weighted by atomic mass is 10.2. The normalized spacial score (nSPS) is 20.9. The molecule has 0 aromatic heterocycles. The minimum absolute atomic E-state index is 0.0223. The molecule has 1 aromatic rings. The predicted octanol–water partition coefficient (Wildman–Crippen LogP) is 2.06. The van der Waals surface area contributed by atoms with Crippen LogP contribution in [-0.4, -0.2) is 34.2 Å². The van der Waals surface area contributed by atoms with Crippen LogP contribution in [0.1, 0.15) is 12.0 Å². The lowest BCUT2D eigenvalue weighted by Gasteiger charge is -2.29. The number of carbonyl (C=O) groups excluding carboxylic acids is 2. The number of nitrogens with zero attached hydrogens (tertiary/aromatic N) is 2. The largest absolute Gasteiger partial charge is 0.549 e. The van der Waals surface area contributed by atoms with Crippen LogP contribution in [0.5, 0.6) is 0 Å². The first-order chi connectivity index (χ1) is 10.6. The van der Waals surface area contributed by atoms with Gasteiger partial charge in [0.1, 0.15) is 0 Å². The molecule has 1 heterocycles. The Kier molecular flexibility index (Phi) is 4.90. The summed E-state index contributed by atoms with van der Waals surface area (Å²) in [4.78, 5) is 27.7. The van der Waals surface area contributed by atoms with Gasteiger partial charge < -0.3 is 9.90 Å². The molecule has 0 saturated carbocycles. The van der Waals surface area contributed by atoms with Crippen LogP contribution in [0.2, 0.25) is 5.02 Å². The maximum atomic E-state index is 12.8. The zero-order chi connectivity index (χ0) is 17.4. The van der Waals surface area contributed by atoms with Crippen molar-refractivity contribution in [2.24, 2.45) is 4.99 Å². The summed E-state index contributed by atoms with van der Waals surface area (Å²) >= 11 is 6.26. The van der Waals surface area contributed by atoms with Crippen LogP contribution in [0.15, 0.2) is 23.2 Å². The molecule has 0 radical (unpaired) electrons. The lowest BCUT2D eigenvalue weighted by molar-refractivity contribution is -0.304. The van der Waals surface area contributed by atoms with Gasteiger partial charge in [-0.05, 0) is 18.2 Å². The Balaban J connectivity index is 2.40. The Bertz CT molecular complexity index is 694. The highest BCUT2D eigenvalue weighted by Crippen LogP contribution is 2.37. The number of aliphatic carboxylic acids is 1. The van der Waals surface area contributed by atoms with Crippen LogP contribution >= 0.6 is 23.4 Å². The second kappa shape index (κ2) is 6.40. The number of halogens is 4. The summed E-state index contributed by atoms with van der Waals surface area (Å²) in [7, 11) is 1.36. The lowest BCUT2D eigenvalue weighted by Crippen LogP contribution is -2.45. The highest BCUT2D eigenvalue weighted by molar-refractivity contribution is 8.15. The Morgan fingerprint density at radius 2 is 2.13 bits per heavy atom. The fraction of sp³-hybridized carbons (Fsp3) is 0.308. The highest BCUT2D eigenvalue weighted by Gasteiger charge is 2.34. The van der Waals surface area contributed by atoms with Gasteiger partial charge in [0.05, 0.1) is 27.5 Å². The van der Waals surface area contributed by atoms with E-state index < -0.39 is 33.9 Å². The molecule has 1 aliphatic rings. The molecular formula is C13H9ClF3N2O3S-. The Morgan fingerprint density at radius 3 is 2.70 bits per heavy atom. The fourth-order valence-corrected chi connectivity index (χ4v) is 3.01. The van der Waals surface area contributed by atoms with Gasteiger partial charge in [-0.1, -0.05) is 23.4 Å². The molecule has 1 aliphatic heterocycles. The summed E-state index contributed by atoms with van der Waals surface area (Å²) in [6, 6.07) is 3.01. The zero-order valence-electron chi connectivity index (χ0n) is 11.6. The molecule has 5 nitrogen and oxygen atoms in total. The van der Waals surface area contributed by atoms with E-state index in [4.69, 9.17) is 11.6 Å². The van der Waals surface area contributed by atoms with Crippen molar-refractivity contribution in [1.29, 1.82) is 0 Å². The number of thioether (sulfide) groups is 1. The van der Waals surface area contributed by atoms with Crippen molar-refractivity contribution in [3.8, 4) is 0 Å². The van der Waals surface area contributed by atoms with Crippen LogP contribution in [0, 0.1) is 0 Å². The third-order valence-electron chi connectivity index (χ3n) is 3.01. The van der Waals surface area contributed by atoms with E-state index in [1.54, 1.807) is 0 Å². The number of rotatable bonds is 2. The number of amides is 1. The quantitative estimate of drug-likeness (QED) is 0.804. The molecular weight excluding hydrogens is 357 g/mol. The van der Waals surface area contributed by atoms with E-state index in [0.29, 0.717) is 0 Å². The molecule has 124 valence electrons. The minimum Gasteiger partial charge on any atom is -0.549 e. The van der Waals surface area contributed by atoms with E-state index in [2.05, 4.69) is 4.99 Å². The smallest absolute Gasteiger partial charge is 0.417 e. The van der Waals surface area contributed by atoms with Crippen molar-refractivity contribution in [2.75, 3.05) is 7.05 Å². The molecule has 2 rings (SSSR count). The second-order valence-corrected chi connectivity index (χ2v) is 6.22. The predicted molar refractivity (Wildman–Crippen MR) is 77.3 cm³/mol. The topological polar surface area (TPSA) is 72.8 Å². The van der Waals surface area contributed by atoms with Crippen molar-refractivity contribution < 1.29 is 27.9 Å². The van der Waals surface area contributed by atoms with Gasteiger partial charge in [-0.25, -0.2) is 4.99 Å². The van der Waals surface area contributed by atoms with E-state index in [-0.39, 0.29) is 17.3 Å². The van der Waals surface area contributed by atoms with Crippen LogP contribution in [0.4, 0.5) is 18.9 Å². The number of hydrogen-bond donors (Lipinski definition) is 0. The summed E-state index contributed by atoms with van der Waals surface area (Å²) in [5.41, 5.74) is -1.16. The van der Waals surface area contributed by atoms with E-state index >= 15 is 0 Å². The van der Waals surface area contributed by atoms with Crippen molar-refractivity contribution in [3.05, 3.63) is 28.8 Å². The van der Waals surface area contributed by atoms with Crippen molar-refractivity contribution >= 4 is 46.1 Å². The third-order valence-corrected chi connectivity index (χ3v) is 4.56. The van der Waals surface area contributed by atoms with Crippen molar-refractivity contribution in [1.82, 2.24) is 4.90 Å². The summed E-state index contributed by atoms with van der Waals surface area (Å²) in [6.45, 7) is 0. The summed E-state index contributed by atoms with van der Waals surface area (Å²) in [5, 5.41) is 9.28. The summed E-state index contributed by atoms with van der Waals surface area (Å²) in [6.07, 6.45) is -4.92. The first-order valence-electron chi connectivity index (χ1n) is 6.19. The molecule has 23 heavy (non-hydrogen) atoms. The minimum atomic E-state index is -4.65. The van der Waals surface area contributed by atoms with E-state index in [1.807, 2.05) is 0 Å². The number of carbonyl (C=O) groups is 2. The van der Waals surface area contributed by atoms with E-state index in [0.717, 1.165) is 28.8 Å². The number of alkyl halides is 3. The molecule has 1 amide bonds. The molecule has 1 atom stereocenters. The molecule has 0 spiro atoms. The van der Waals surface area contributed by atoms with Crippen molar-refractivity contribution in [2.45, 2.75) is 17.8 Å². The fourth-order valence-electron chi connectivity index (χ4n) is 1.79. The Hall–Kier alpha value is -1.74. The monoisotopic (exact) mass is 365 g/mol. The molecule has 0 aliphatic carbocycles. The maximum Gasteiger partial charge on any atom is 0.417 e. The van der Waals surface area contributed by atoms with Gasteiger partial charge in [0.2, 0.25) is 5.91 Å². The summed E-state index contributed by atoms with van der Waals surface area (Å²) in [5.74, 6) is -1.95. The third kappa shape index (κ3) is 3.97. The average molecular weight is 366 g/mol. The maximum absolute atomic E-state index is 12.8. The first-order valence-corrected chi connectivity index (χ1v) is 7.45. The molecule has 1 saturated heterocycles. The van der Waals surface area contributed by atoms with Crippen molar-refractivity contribution in [3.63, 3.8) is 0 Å². The molecule has 1 fully saturated rings. The van der Waals surface area contributed by atoms with Crippen LogP contribution < -0.4 is 5.11 Å². The van der Waals surface area contributed by atoms with Gasteiger partial charge in [0.25, 0.3) is 0 Å². The number of aliphatic imine (C=N–C) groups is 1. The Labute approximate surface area is 138 Å². The van der Waals surface area contributed by atoms with Gasteiger partial charge in [0.15, 0.2) is 5.17 Å². The van der Waals surface area contributed by atoms with Crippen LogP contribution in [0.25, 0.3) is 0 Å². The number of carboxylic acids is 1. The van der Waals surface area contributed by atoms with Gasteiger partial charge in [-0.15, -0.1) is 0 Å². The SMILES string of the molecule is CN1C(=O)C[C@@H](C(=O)[O-])SC1=Nc1ccc(Cl)c(C(F)(F)F)c1. The van der Waals surface area contributed by atoms with Gasteiger partial charge in [-0.2, -0.15) is 13.2 Å². The van der Waals surface area contributed by atoms with Crippen LogP contribution in [-0.2, 0) is 15.8 Å². The van der Waals surface area contributed by atoms with Gasteiger partial charge >= 0.3 is 6.18 Å². The molecule has 1 aromatic carbocycles. The molecule has 0 N–H and O–H groups in total. The summed E-state index contributed by atoms with van der Waals surface area (Å²) < 4.78 is 38.5. The van der Waals surface area contributed by atoms with Crippen LogP contribution in [0.3, 0.4) is 0 Å². The number of hydrogen-bond acceptors (Lipinski definition) is 5. The second-order valence-electron chi connectivity index (χ2n) is 4.64. The Morgan fingerprint density at radius 1 is 1.48 bits per heavy atom. The molecule has 10 heteroatoms. The molecule has 0 bridgehead atoms. The highest BCUT2D eigenvalue weighted by atomic mass is 35.5. The number of amidine groups is 1. The first kappa shape index (κ1) is 17.6. The van der Waals surface area contributed by atoms with E-state index in [9.17, 15) is 27.9 Å². The average Bonchev–Trinajstić information content (AvgIpc) is 2.44. The standard InChI is InChI=1S/C13H10ClF3N2O3S/c1-19-10(20)5-9(11(21)22)23-12(19)18-6-2-3-8(14)7(4-6)13(15,16)17/h2-4,9H,5H2,1H3,(H,21,22)/p-1/t9-/m0/s1.